The van der Waals surface area contributed by atoms with Crippen LogP contribution in [-0.4, -0.2) is 47.2 Å². The Kier molecular flexibility index (Phi) is 7.38. The number of amides is 1. The van der Waals surface area contributed by atoms with E-state index in [1.807, 2.05) is 18.2 Å². The fraction of sp³-hybridized carbons (Fsp3) is 0.381. The van der Waals surface area contributed by atoms with Gasteiger partial charge in [-0.1, -0.05) is 31.2 Å². The topological polar surface area (TPSA) is 88.9 Å². The molecular weight excluding hydrogens is 390 g/mol. The van der Waals surface area contributed by atoms with E-state index in [0.29, 0.717) is 18.7 Å². The summed E-state index contributed by atoms with van der Waals surface area (Å²) in [5, 5.41) is 2.94. The number of sulfonamides is 1. The number of benzene rings is 2. The smallest absolute Gasteiger partial charge is 0.251 e. The van der Waals surface area contributed by atoms with Gasteiger partial charge in [0, 0.05) is 24.2 Å². The van der Waals surface area contributed by atoms with Crippen molar-refractivity contribution in [1.82, 2.24) is 10.0 Å². The third-order valence-corrected chi connectivity index (χ3v) is 6.52. The van der Waals surface area contributed by atoms with Crippen LogP contribution in [0.15, 0.2) is 53.4 Å². The van der Waals surface area contributed by atoms with Gasteiger partial charge in [-0.3, -0.25) is 4.79 Å². The van der Waals surface area contributed by atoms with Crippen molar-refractivity contribution >= 4 is 15.9 Å². The zero-order chi connectivity index (χ0) is 20.7. The molecule has 0 spiro atoms. The maximum atomic E-state index is 12.5. The first-order valence-corrected chi connectivity index (χ1v) is 11.3. The molecule has 0 unspecified atom stereocenters. The summed E-state index contributed by atoms with van der Waals surface area (Å²) in [5.74, 6) is -0.231. The van der Waals surface area contributed by atoms with Crippen LogP contribution >= 0.6 is 0 Å². The minimum Gasteiger partial charge on any atom is -0.370 e. The molecule has 2 aromatic rings. The third kappa shape index (κ3) is 5.86. The van der Waals surface area contributed by atoms with Crippen molar-refractivity contribution in [2.75, 3.05) is 32.8 Å². The predicted octanol–water partition coefficient (Wildman–Crippen LogP) is 0.330. The number of rotatable bonds is 8. The maximum Gasteiger partial charge on any atom is 0.251 e. The molecule has 8 heteroatoms. The first kappa shape index (κ1) is 21.4. The summed E-state index contributed by atoms with van der Waals surface area (Å²) in [6.45, 7) is 6.92. The van der Waals surface area contributed by atoms with Gasteiger partial charge in [-0.05, 0) is 29.8 Å². The summed E-state index contributed by atoms with van der Waals surface area (Å²) in [6, 6.07) is 14.1. The largest absolute Gasteiger partial charge is 0.370 e. The molecule has 1 saturated heterocycles. The van der Waals surface area contributed by atoms with Crippen LogP contribution in [0.25, 0.3) is 0 Å². The molecule has 3 N–H and O–H groups in total. The van der Waals surface area contributed by atoms with Gasteiger partial charge in [0.25, 0.3) is 5.91 Å². The van der Waals surface area contributed by atoms with Crippen LogP contribution in [0.2, 0.25) is 0 Å². The SMILES string of the molecule is CCNS(=O)(=O)c1ccc(C(=O)NCc2ccccc2C[NH+]2CCOCC2)cc1. The summed E-state index contributed by atoms with van der Waals surface area (Å²) in [7, 11) is -3.52. The van der Waals surface area contributed by atoms with Crippen molar-refractivity contribution in [3.8, 4) is 0 Å². The van der Waals surface area contributed by atoms with Crippen molar-refractivity contribution < 1.29 is 22.8 Å². The number of carbonyl (C=O) groups excluding carboxylic acids is 1. The van der Waals surface area contributed by atoms with Gasteiger partial charge in [0.05, 0.1) is 18.1 Å². The fourth-order valence-electron chi connectivity index (χ4n) is 3.34. The Morgan fingerprint density at radius 2 is 1.69 bits per heavy atom. The third-order valence-electron chi connectivity index (χ3n) is 4.96. The monoisotopic (exact) mass is 418 g/mol. The molecule has 156 valence electrons. The standard InChI is InChI=1S/C21H27N3O4S/c1-2-23-29(26,27)20-9-7-17(8-10-20)21(25)22-15-18-5-3-4-6-19(18)16-24-11-13-28-14-12-24/h3-10,23H,2,11-16H2,1H3,(H,22,25)/p+1. The number of hydrogen-bond acceptors (Lipinski definition) is 4. The van der Waals surface area contributed by atoms with Crippen LogP contribution in [0.4, 0.5) is 0 Å². The van der Waals surface area contributed by atoms with Crippen LogP contribution in [-0.2, 0) is 27.8 Å². The van der Waals surface area contributed by atoms with Gasteiger partial charge in [-0.2, -0.15) is 0 Å². The van der Waals surface area contributed by atoms with Crippen molar-refractivity contribution in [2.45, 2.75) is 24.9 Å². The Bertz CT molecular complexity index is 923. The molecule has 0 radical (unpaired) electrons. The molecule has 0 aromatic heterocycles. The van der Waals surface area contributed by atoms with Gasteiger partial charge in [-0.25, -0.2) is 13.1 Å². The van der Waals surface area contributed by atoms with Crippen LogP contribution < -0.4 is 14.9 Å². The second-order valence-corrected chi connectivity index (χ2v) is 8.78. The molecule has 29 heavy (non-hydrogen) atoms. The minimum atomic E-state index is -3.52. The quantitative estimate of drug-likeness (QED) is 0.577. The molecule has 0 saturated carbocycles. The molecule has 0 atom stereocenters. The summed E-state index contributed by atoms with van der Waals surface area (Å²) in [5.41, 5.74) is 2.74. The number of carbonyl (C=O) groups is 1. The van der Waals surface area contributed by atoms with E-state index in [1.165, 1.54) is 34.7 Å². The van der Waals surface area contributed by atoms with Gasteiger partial charge in [0.15, 0.2) is 0 Å². The van der Waals surface area contributed by atoms with Crippen LogP contribution in [0.5, 0.6) is 0 Å². The molecular formula is C21H28N3O4S+. The summed E-state index contributed by atoms with van der Waals surface area (Å²) >= 11 is 0. The highest BCUT2D eigenvalue weighted by Gasteiger charge is 2.17. The molecule has 1 aliphatic heterocycles. The molecule has 1 aliphatic rings. The van der Waals surface area contributed by atoms with Crippen LogP contribution in [0.3, 0.4) is 0 Å². The van der Waals surface area contributed by atoms with E-state index in [1.54, 1.807) is 6.92 Å². The molecule has 1 amide bonds. The Morgan fingerprint density at radius 1 is 1.03 bits per heavy atom. The van der Waals surface area contributed by atoms with Crippen molar-refractivity contribution in [3.63, 3.8) is 0 Å². The Labute approximate surface area is 172 Å². The van der Waals surface area contributed by atoms with E-state index < -0.39 is 10.0 Å². The molecule has 1 fully saturated rings. The molecule has 7 nitrogen and oxygen atoms in total. The second-order valence-electron chi connectivity index (χ2n) is 7.02. The molecule has 3 rings (SSSR count). The lowest BCUT2D eigenvalue weighted by Crippen LogP contribution is -3.12. The zero-order valence-corrected chi connectivity index (χ0v) is 17.4. The first-order valence-electron chi connectivity index (χ1n) is 9.85. The van der Waals surface area contributed by atoms with Crippen LogP contribution in [0, 0.1) is 0 Å². The van der Waals surface area contributed by atoms with E-state index in [4.69, 9.17) is 4.74 Å². The fourth-order valence-corrected chi connectivity index (χ4v) is 4.39. The number of morpholine rings is 1. The lowest BCUT2D eigenvalue weighted by molar-refractivity contribution is -0.921. The van der Waals surface area contributed by atoms with Gasteiger partial charge in [0.2, 0.25) is 10.0 Å². The summed E-state index contributed by atoms with van der Waals surface area (Å²) in [4.78, 5) is 14.1. The van der Waals surface area contributed by atoms with E-state index in [9.17, 15) is 13.2 Å². The Balaban J connectivity index is 1.62. The Hall–Kier alpha value is -2.26. The van der Waals surface area contributed by atoms with E-state index in [-0.39, 0.29) is 10.8 Å². The van der Waals surface area contributed by atoms with Gasteiger partial charge >= 0.3 is 0 Å². The molecule has 0 bridgehead atoms. The minimum absolute atomic E-state index is 0.148. The molecule has 2 aromatic carbocycles. The average Bonchev–Trinajstić information content (AvgIpc) is 2.74. The summed E-state index contributed by atoms with van der Waals surface area (Å²) < 4.78 is 31.9. The lowest BCUT2D eigenvalue weighted by Gasteiger charge is -2.24. The number of quaternary nitrogens is 1. The number of hydrogen-bond donors (Lipinski definition) is 3. The highest BCUT2D eigenvalue weighted by molar-refractivity contribution is 7.89. The maximum absolute atomic E-state index is 12.5. The number of ether oxygens (including phenoxy) is 1. The van der Waals surface area contributed by atoms with Gasteiger partial charge < -0.3 is 15.0 Å². The summed E-state index contributed by atoms with van der Waals surface area (Å²) in [6.07, 6.45) is 0. The highest BCUT2D eigenvalue weighted by atomic mass is 32.2. The normalized spacial score (nSPS) is 15.2. The van der Waals surface area contributed by atoms with Crippen molar-refractivity contribution in [3.05, 3.63) is 65.2 Å². The van der Waals surface area contributed by atoms with Gasteiger partial charge in [-0.15, -0.1) is 0 Å². The second kappa shape index (κ2) is 9.98. The van der Waals surface area contributed by atoms with Crippen LogP contribution in [0.1, 0.15) is 28.4 Å². The van der Waals surface area contributed by atoms with Crippen molar-refractivity contribution in [1.29, 1.82) is 0 Å². The molecule has 0 aliphatic carbocycles. The number of nitrogens with one attached hydrogen (secondary N) is 3. The lowest BCUT2D eigenvalue weighted by atomic mass is 10.1. The Morgan fingerprint density at radius 3 is 2.34 bits per heavy atom. The van der Waals surface area contributed by atoms with E-state index in [0.717, 1.165) is 38.4 Å². The zero-order valence-electron chi connectivity index (χ0n) is 16.6. The van der Waals surface area contributed by atoms with E-state index in [2.05, 4.69) is 16.1 Å². The van der Waals surface area contributed by atoms with E-state index >= 15 is 0 Å². The first-order chi connectivity index (χ1) is 14.0. The molecule has 1 heterocycles. The predicted molar refractivity (Wildman–Crippen MR) is 110 cm³/mol. The highest BCUT2D eigenvalue weighted by Crippen LogP contribution is 2.12. The van der Waals surface area contributed by atoms with Crippen molar-refractivity contribution in [2.24, 2.45) is 0 Å². The van der Waals surface area contributed by atoms with Gasteiger partial charge in [0.1, 0.15) is 19.6 Å². The average molecular weight is 419 g/mol.